The minimum absolute atomic E-state index is 0.0865. The summed E-state index contributed by atoms with van der Waals surface area (Å²) >= 11 is 0. The van der Waals surface area contributed by atoms with Gasteiger partial charge in [-0.2, -0.15) is 0 Å². The fraction of sp³-hybridized carbons (Fsp3) is 0.300. The smallest absolute Gasteiger partial charge is 0.240 e. The molecular weight excluding hydrogens is 258 g/mol. The molecule has 7 nitrogen and oxygen atoms in total. The van der Waals surface area contributed by atoms with Crippen LogP contribution in [0.2, 0.25) is 0 Å². The Balaban J connectivity index is 2.74. The summed E-state index contributed by atoms with van der Waals surface area (Å²) in [5.41, 5.74) is 0.534. The summed E-state index contributed by atoms with van der Waals surface area (Å²) in [6.45, 7) is 1.55. The summed E-state index contributed by atoms with van der Waals surface area (Å²) in [5.74, 6) is 4.57. The lowest BCUT2D eigenvalue weighted by molar-refractivity contribution is -0.114. The van der Waals surface area contributed by atoms with Crippen LogP contribution in [-0.2, 0) is 19.7 Å². The molecule has 0 bridgehead atoms. The Hall–Kier alpha value is -1.48. The number of benzene rings is 1. The number of hydrogen-bond acceptors (Lipinski definition) is 5. The molecule has 8 heteroatoms. The second-order valence-corrected chi connectivity index (χ2v) is 5.24. The third-order valence-corrected chi connectivity index (χ3v) is 3.47. The average Bonchev–Trinajstić information content (AvgIpc) is 2.29. The van der Waals surface area contributed by atoms with E-state index in [2.05, 4.69) is 14.9 Å². The van der Waals surface area contributed by atoms with E-state index in [0.717, 1.165) is 0 Å². The van der Waals surface area contributed by atoms with Gasteiger partial charge in [0.05, 0.1) is 11.5 Å². The molecule has 1 aromatic carbocycles. The van der Waals surface area contributed by atoms with Gasteiger partial charge in [-0.15, -0.1) is 0 Å². The molecule has 0 radical (unpaired) electrons. The SMILES string of the molecule is CC(=O)Nc1ccc(S(=O)(=O)NCCON)cc1. The van der Waals surface area contributed by atoms with Crippen molar-refractivity contribution in [3.05, 3.63) is 24.3 Å². The summed E-state index contributed by atoms with van der Waals surface area (Å²) in [5, 5.41) is 2.55. The van der Waals surface area contributed by atoms with Crippen molar-refractivity contribution < 1.29 is 18.0 Å². The first-order chi connectivity index (χ1) is 8.45. The van der Waals surface area contributed by atoms with Crippen molar-refractivity contribution in [2.75, 3.05) is 18.5 Å². The molecule has 0 spiro atoms. The molecule has 4 N–H and O–H groups in total. The number of sulfonamides is 1. The number of carbonyl (C=O) groups excluding carboxylic acids is 1. The highest BCUT2D eigenvalue weighted by atomic mass is 32.2. The van der Waals surface area contributed by atoms with E-state index in [9.17, 15) is 13.2 Å². The van der Waals surface area contributed by atoms with E-state index < -0.39 is 10.0 Å². The Morgan fingerprint density at radius 3 is 2.44 bits per heavy atom. The molecule has 1 aromatic rings. The number of anilines is 1. The van der Waals surface area contributed by atoms with E-state index in [0.29, 0.717) is 5.69 Å². The topological polar surface area (TPSA) is 111 Å². The summed E-state index contributed by atoms with van der Waals surface area (Å²) in [6.07, 6.45) is 0. The standard InChI is InChI=1S/C10H15N3O4S/c1-8(14)13-9-2-4-10(5-3-9)18(15,16)12-6-7-17-11/h2-5,12H,6-7,11H2,1H3,(H,13,14). The number of hydrogen-bond donors (Lipinski definition) is 3. The van der Waals surface area contributed by atoms with Crippen molar-refractivity contribution in [1.29, 1.82) is 0 Å². The van der Waals surface area contributed by atoms with E-state index >= 15 is 0 Å². The second kappa shape index (κ2) is 6.45. The van der Waals surface area contributed by atoms with Gasteiger partial charge >= 0.3 is 0 Å². The van der Waals surface area contributed by atoms with Gasteiger partial charge in [0.1, 0.15) is 0 Å². The maximum atomic E-state index is 11.7. The molecule has 0 unspecified atom stereocenters. The van der Waals surface area contributed by atoms with Crippen LogP contribution in [0.25, 0.3) is 0 Å². The first-order valence-electron chi connectivity index (χ1n) is 5.15. The number of nitrogens with one attached hydrogen (secondary N) is 2. The molecule has 0 saturated heterocycles. The predicted octanol–water partition coefficient (Wildman–Crippen LogP) is -0.186. The zero-order valence-electron chi connectivity index (χ0n) is 9.84. The van der Waals surface area contributed by atoms with Crippen LogP contribution in [0.5, 0.6) is 0 Å². The molecule has 0 heterocycles. The third-order valence-electron chi connectivity index (χ3n) is 2.00. The number of nitrogens with two attached hydrogens (primary N) is 1. The van der Waals surface area contributed by atoms with Gasteiger partial charge in [-0.05, 0) is 24.3 Å². The van der Waals surface area contributed by atoms with Crippen LogP contribution in [0.3, 0.4) is 0 Å². The molecule has 0 aliphatic rings. The van der Waals surface area contributed by atoms with Gasteiger partial charge in [-0.1, -0.05) is 0 Å². The van der Waals surface area contributed by atoms with E-state index in [1.165, 1.54) is 31.2 Å². The van der Waals surface area contributed by atoms with Gasteiger partial charge in [0.15, 0.2) is 0 Å². The largest absolute Gasteiger partial charge is 0.326 e. The monoisotopic (exact) mass is 273 g/mol. The van der Waals surface area contributed by atoms with Crippen LogP contribution >= 0.6 is 0 Å². The van der Waals surface area contributed by atoms with E-state index in [1.54, 1.807) is 0 Å². The van der Waals surface area contributed by atoms with Crippen LogP contribution < -0.4 is 15.9 Å². The maximum Gasteiger partial charge on any atom is 0.240 e. The van der Waals surface area contributed by atoms with Gasteiger partial charge < -0.3 is 10.2 Å². The summed E-state index contributed by atoms with van der Waals surface area (Å²) < 4.78 is 25.8. The molecule has 0 fully saturated rings. The first-order valence-corrected chi connectivity index (χ1v) is 6.63. The van der Waals surface area contributed by atoms with Gasteiger partial charge in [-0.25, -0.2) is 19.0 Å². The molecule has 18 heavy (non-hydrogen) atoms. The van der Waals surface area contributed by atoms with Gasteiger partial charge in [0.2, 0.25) is 15.9 Å². The van der Waals surface area contributed by atoms with Crippen LogP contribution in [0.15, 0.2) is 29.2 Å². The zero-order chi connectivity index (χ0) is 13.6. The molecule has 0 aromatic heterocycles. The van der Waals surface area contributed by atoms with E-state index in [1.807, 2.05) is 0 Å². The average molecular weight is 273 g/mol. The van der Waals surface area contributed by atoms with E-state index in [4.69, 9.17) is 5.90 Å². The Bertz CT molecular complexity index is 498. The minimum atomic E-state index is -3.58. The maximum absolute atomic E-state index is 11.7. The van der Waals surface area contributed by atoms with Crippen LogP contribution in [0.1, 0.15) is 6.92 Å². The molecule has 0 aliphatic carbocycles. The number of rotatable bonds is 6. The molecule has 100 valence electrons. The molecule has 1 amide bonds. The van der Waals surface area contributed by atoms with Crippen molar-refractivity contribution in [2.24, 2.45) is 5.90 Å². The lowest BCUT2D eigenvalue weighted by atomic mass is 10.3. The highest BCUT2D eigenvalue weighted by Gasteiger charge is 2.12. The molecule has 0 atom stereocenters. The first kappa shape index (κ1) is 14.6. The van der Waals surface area contributed by atoms with Crippen molar-refractivity contribution in [3.63, 3.8) is 0 Å². The Labute approximate surface area is 105 Å². The molecular formula is C10H15N3O4S. The number of carbonyl (C=O) groups is 1. The highest BCUT2D eigenvalue weighted by Crippen LogP contribution is 2.13. The Morgan fingerprint density at radius 1 is 1.33 bits per heavy atom. The van der Waals surface area contributed by atoms with Gasteiger partial charge in [0, 0.05) is 19.2 Å². The Kier molecular flexibility index (Phi) is 5.23. The minimum Gasteiger partial charge on any atom is -0.326 e. The Morgan fingerprint density at radius 2 is 1.94 bits per heavy atom. The van der Waals surface area contributed by atoms with Gasteiger partial charge in [0.25, 0.3) is 0 Å². The predicted molar refractivity (Wildman–Crippen MR) is 66.1 cm³/mol. The summed E-state index contributed by atoms with van der Waals surface area (Å²) in [4.78, 5) is 15.2. The second-order valence-electron chi connectivity index (χ2n) is 3.47. The normalized spacial score (nSPS) is 11.2. The lowest BCUT2D eigenvalue weighted by Crippen LogP contribution is -2.28. The fourth-order valence-electron chi connectivity index (χ4n) is 1.24. The fourth-order valence-corrected chi connectivity index (χ4v) is 2.25. The summed E-state index contributed by atoms with van der Waals surface area (Å²) in [7, 11) is -3.58. The van der Waals surface area contributed by atoms with Crippen LogP contribution in [0.4, 0.5) is 5.69 Å². The van der Waals surface area contributed by atoms with Crippen molar-refractivity contribution in [1.82, 2.24) is 4.72 Å². The zero-order valence-corrected chi connectivity index (χ0v) is 10.7. The highest BCUT2D eigenvalue weighted by molar-refractivity contribution is 7.89. The third kappa shape index (κ3) is 4.41. The van der Waals surface area contributed by atoms with Crippen molar-refractivity contribution in [2.45, 2.75) is 11.8 Å². The quantitative estimate of drug-likeness (QED) is 0.491. The van der Waals surface area contributed by atoms with Crippen LogP contribution in [-0.4, -0.2) is 27.5 Å². The van der Waals surface area contributed by atoms with E-state index in [-0.39, 0.29) is 24.0 Å². The molecule has 0 saturated carbocycles. The van der Waals surface area contributed by atoms with Crippen LogP contribution in [0, 0.1) is 0 Å². The lowest BCUT2D eigenvalue weighted by Gasteiger charge is -2.07. The summed E-state index contributed by atoms with van der Waals surface area (Å²) in [6, 6.07) is 5.82. The van der Waals surface area contributed by atoms with Crippen molar-refractivity contribution in [3.8, 4) is 0 Å². The number of amides is 1. The van der Waals surface area contributed by atoms with Crippen molar-refractivity contribution >= 4 is 21.6 Å². The molecule has 0 aliphatic heterocycles. The molecule has 1 rings (SSSR count). The van der Waals surface area contributed by atoms with Gasteiger partial charge in [-0.3, -0.25) is 4.79 Å².